The molecule has 0 saturated heterocycles. The van der Waals surface area contributed by atoms with Crippen molar-refractivity contribution in [1.82, 2.24) is 5.32 Å². The Morgan fingerprint density at radius 1 is 0.970 bits per heavy atom. The highest BCUT2D eigenvalue weighted by molar-refractivity contribution is 7.92. The number of carbonyl (C=O) groups is 1. The number of nitrogens with zero attached hydrogens (tertiary/aromatic N) is 1. The Bertz CT molecular complexity index is 1150. The molecule has 1 atom stereocenters. The van der Waals surface area contributed by atoms with Crippen molar-refractivity contribution in [2.45, 2.75) is 44.7 Å². The van der Waals surface area contributed by atoms with E-state index < -0.39 is 10.0 Å². The molecule has 0 saturated carbocycles. The van der Waals surface area contributed by atoms with Crippen LogP contribution < -0.4 is 14.4 Å². The summed E-state index contributed by atoms with van der Waals surface area (Å²) in [6.45, 7) is 5.94. The zero-order chi connectivity index (χ0) is 23.8. The van der Waals surface area contributed by atoms with Crippen LogP contribution in [0.1, 0.15) is 31.4 Å². The molecule has 0 fully saturated rings. The van der Waals surface area contributed by atoms with E-state index >= 15 is 0 Å². The number of carbonyl (C=O) groups excluding carboxylic acids is 1. The van der Waals surface area contributed by atoms with Crippen LogP contribution in [0.2, 0.25) is 0 Å². The highest BCUT2D eigenvalue weighted by atomic mass is 32.2. The third-order valence-electron chi connectivity index (χ3n) is 5.29. The van der Waals surface area contributed by atoms with Gasteiger partial charge in [0.15, 0.2) is 6.61 Å². The van der Waals surface area contributed by atoms with Crippen LogP contribution in [0.3, 0.4) is 0 Å². The first-order chi connectivity index (χ1) is 15.8. The highest BCUT2D eigenvalue weighted by Crippen LogP contribution is 2.28. The number of rotatable bonds is 10. The average molecular weight is 467 g/mol. The molecule has 0 aromatic heterocycles. The Labute approximate surface area is 196 Å². The molecule has 6 nitrogen and oxygen atoms in total. The van der Waals surface area contributed by atoms with Crippen molar-refractivity contribution in [2.24, 2.45) is 0 Å². The molecule has 33 heavy (non-hydrogen) atoms. The molecule has 0 radical (unpaired) electrons. The second kappa shape index (κ2) is 11.0. The largest absolute Gasteiger partial charge is 0.484 e. The summed E-state index contributed by atoms with van der Waals surface area (Å²) in [6, 6.07) is 23.1. The molecule has 7 heteroatoms. The van der Waals surface area contributed by atoms with Crippen LogP contribution in [0.25, 0.3) is 0 Å². The predicted molar refractivity (Wildman–Crippen MR) is 131 cm³/mol. The molecule has 0 heterocycles. The van der Waals surface area contributed by atoms with Gasteiger partial charge in [-0.15, -0.1) is 0 Å². The van der Waals surface area contributed by atoms with Crippen molar-refractivity contribution in [3.05, 3.63) is 90.0 Å². The Balaban J connectivity index is 1.83. The normalized spacial score (nSPS) is 12.1. The summed E-state index contributed by atoms with van der Waals surface area (Å²) in [5.41, 5.74) is 2.37. The maximum Gasteiger partial charge on any atom is 0.264 e. The molecule has 0 spiro atoms. The van der Waals surface area contributed by atoms with Crippen molar-refractivity contribution in [3.8, 4) is 5.75 Å². The summed E-state index contributed by atoms with van der Waals surface area (Å²) in [5, 5.41) is 2.85. The Morgan fingerprint density at radius 2 is 1.61 bits per heavy atom. The average Bonchev–Trinajstić information content (AvgIpc) is 2.82. The zero-order valence-electron chi connectivity index (χ0n) is 19.2. The van der Waals surface area contributed by atoms with E-state index in [1.807, 2.05) is 51.1 Å². The molecule has 174 valence electrons. The van der Waals surface area contributed by atoms with Gasteiger partial charge in [-0.2, -0.15) is 0 Å². The van der Waals surface area contributed by atoms with E-state index in [1.54, 1.807) is 48.5 Å². The second-order valence-corrected chi connectivity index (χ2v) is 9.83. The lowest BCUT2D eigenvalue weighted by molar-refractivity contribution is -0.123. The van der Waals surface area contributed by atoms with Crippen molar-refractivity contribution < 1.29 is 17.9 Å². The highest BCUT2D eigenvalue weighted by Gasteiger charge is 2.25. The molecule has 0 aliphatic carbocycles. The quantitative estimate of drug-likeness (QED) is 0.471. The number of nitrogens with one attached hydrogen (secondary N) is 1. The fourth-order valence-electron chi connectivity index (χ4n) is 3.18. The Morgan fingerprint density at radius 3 is 2.21 bits per heavy atom. The van der Waals surface area contributed by atoms with E-state index in [2.05, 4.69) is 5.32 Å². The summed E-state index contributed by atoms with van der Waals surface area (Å²) in [5.74, 6) is 0.298. The topological polar surface area (TPSA) is 75.7 Å². The molecule has 0 aliphatic heterocycles. The Kier molecular flexibility index (Phi) is 8.11. The fourth-order valence-corrected chi connectivity index (χ4v) is 4.63. The minimum absolute atomic E-state index is 0.0852. The Hall–Kier alpha value is -3.32. The lowest BCUT2D eigenvalue weighted by atomic mass is 10.2. The third kappa shape index (κ3) is 6.58. The first-order valence-electron chi connectivity index (χ1n) is 10.9. The van der Waals surface area contributed by atoms with Crippen LogP contribution in [0.4, 0.5) is 5.69 Å². The summed E-state index contributed by atoms with van der Waals surface area (Å²) in [6.07, 6.45) is 0.840. The number of ether oxygens (including phenoxy) is 1. The van der Waals surface area contributed by atoms with Gasteiger partial charge in [-0.25, -0.2) is 8.42 Å². The predicted octanol–water partition coefficient (Wildman–Crippen LogP) is 4.68. The number of amides is 1. The third-order valence-corrected chi connectivity index (χ3v) is 7.08. The van der Waals surface area contributed by atoms with E-state index in [4.69, 9.17) is 4.74 Å². The molecule has 1 N–H and O–H groups in total. The van der Waals surface area contributed by atoms with Gasteiger partial charge in [-0.3, -0.25) is 9.10 Å². The number of anilines is 1. The minimum atomic E-state index is -3.80. The van der Waals surface area contributed by atoms with Gasteiger partial charge >= 0.3 is 0 Å². The molecular formula is C26H30N2O4S. The van der Waals surface area contributed by atoms with Crippen LogP contribution in [-0.4, -0.2) is 27.0 Å². The molecule has 0 bridgehead atoms. The first-order valence-corrected chi connectivity index (χ1v) is 12.4. The smallest absolute Gasteiger partial charge is 0.264 e. The van der Waals surface area contributed by atoms with Gasteiger partial charge in [0.2, 0.25) is 0 Å². The van der Waals surface area contributed by atoms with E-state index in [0.29, 0.717) is 11.4 Å². The SMILES string of the molecule is CC[C@H](C)NC(=O)COc1ccc(N(Cc2ccccc2)S(=O)(=O)c2ccc(C)cc2)cc1. The zero-order valence-corrected chi connectivity index (χ0v) is 20.0. The molecule has 3 aromatic rings. The standard InChI is InChI=1S/C26H30N2O4S/c1-4-21(3)27-26(29)19-32-24-14-12-23(13-15-24)28(18-22-8-6-5-7-9-22)33(30,31)25-16-10-20(2)11-17-25/h5-17,21H,4,18-19H2,1-3H3,(H,27,29)/t21-/m0/s1. The van der Waals surface area contributed by atoms with Gasteiger partial charge in [0.1, 0.15) is 5.75 Å². The van der Waals surface area contributed by atoms with E-state index in [0.717, 1.165) is 17.5 Å². The first kappa shape index (κ1) is 24.3. The van der Waals surface area contributed by atoms with Gasteiger partial charge < -0.3 is 10.1 Å². The van der Waals surface area contributed by atoms with Crippen molar-refractivity contribution in [2.75, 3.05) is 10.9 Å². The van der Waals surface area contributed by atoms with Crippen molar-refractivity contribution in [1.29, 1.82) is 0 Å². The molecule has 0 aliphatic rings. The molecule has 1 amide bonds. The van der Waals surface area contributed by atoms with Crippen LogP contribution in [0.15, 0.2) is 83.8 Å². The summed E-state index contributed by atoms with van der Waals surface area (Å²) >= 11 is 0. The van der Waals surface area contributed by atoms with Gasteiger partial charge in [0.05, 0.1) is 17.1 Å². The summed E-state index contributed by atoms with van der Waals surface area (Å²) in [4.78, 5) is 12.2. The fraction of sp³-hybridized carbons (Fsp3) is 0.269. The lowest BCUT2D eigenvalue weighted by Crippen LogP contribution is -2.35. The van der Waals surface area contributed by atoms with E-state index in [-0.39, 0.29) is 30.0 Å². The molecule has 0 unspecified atom stereocenters. The van der Waals surface area contributed by atoms with Gasteiger partial charge in [-0.1, -0.05) is 55.0 Å². The van der Waals surface area contributed by atoms with Crippen LogP contribution in [0.5, 0.6) is 5.75 Å². The van der Waals surface area contributed by atoms with Gasteiger partial charge in [-0.05, 0) is 62.2 Å². The second-order valence-electron chi connectivity index (χ2n) is 7.97. The minimum Gasteiger partial charge on any atom is -0.484 e. The summed E-state index contributed by atoms with van der Waals surface area (Å²) in [7, 11) is -3.80. The maximum absolute atomic E-state index is 13.5. The van der Waals surface area contributed by atoms with Gasteiger partial charge in [0.25, 0.3) is 15.9 Å². The molecule has 3 aromatic carbocycles. The van der Waals surface area contributed by atoms with Crippen molar-refractivity contribution >= 4 is 21.6 Å². The molecule has 3 rings (SSSR count). The number of hydrogen-bond acceptors (Lipinski definition) is 4. The molecular weight excluding hydrogens is 436 g/mol. The monoisotopic (exact) mass is 466 g/mol. The lowest BCUT2D eigenvalue weighted by Gasteiger charge is -2.25. The number of sulfonamides is 1. The van der Waals surface area contributed by atoms with Gasteiger partial charge in [0, 0.05) is 6.04 Å². The number of benzene rings is 3. The van der Waals surface area contributed by atoms with E-state index in [9.17, 15) is 13.2 Å². The van der Waals surface area contributed by atoms with E-state index in [1.165, 1.54) is 4.31 Å². The number of aryl methyl sites for hydroxylation is 1. The van der Waals surface area contributed by atoms with Crippen LogP contribution in [0, 0.1) is 6.92 Å². The maximum atomic E-state index is 13.5. The van der Waals surface area contributed by atoms with Crippen LogP contribution >= 0.6 is 0 Å². The number of hydrogen-bond donors (Lipinski definition) is 1. The van der Waals surface area contributed by atoms with Crippen molar-refractivity contribution in [3.63, 3.8) is 0 Å². The summed E-state index contributed by atoms with van der Waals surface area (Å²) < 4.78 is 34.0. The van der Waals surface area contributed by atoms with Crippen LogP contribution in [-0.2, 0) is 21.4 Å².